The predicted octanol–water partition coefficient (Wildman–Crippen LogP) is 3.93. The van der Waals surface area contributed by atoms with Crippen LogP contribution in [0.2, 0.25) is 0 Å². The summed E-state index contributed by atoms with van der Waals surface area (Å²) in [6.45, 7) is 2.05. The molecule has 0 fully saturated rings. The van der Waals surface area contributed by atoms with Gasteiger partial charge in [0.25, 0.3) is 0 Å². The Hall–Kier alpha value is -2.27. The minimum Gasteiger partial charge on any atom is -0.370 e. The van der Waals surface area contributed by atoms with Crippen LogP contribution in [0, 0.1) is 18.3 Å². The van der Waals surface area contributed by atoms with Crippen molar-refractivity contribution in [3.8, 4) is 6.07 Å². The third kappa shape index (κ3) is 4.15. The summed E-state index contributed by atoms with van der Waals surface area (Å²) in [5.41, 5.74) is 3.48. The van der Waals surface area contributed by atoms with Gasteiger partial charge in [0.15, 0.2) is 0 Å². The van der Waals surface area contributed by atoms with Gasteiger partial charge in [-0.1, -0.05) is 42.5 Å². The fraction of sp³-hybridized carbons (Fsp3) is 0.235. The molecule has 19 heavy (non-hydrogen) atoms. The lowest BCUT2D eigenvalue weighted by Gasteiger charge is -2.13. The maximum atomic E-state index is 9.22. The van der Waals surface area contributed by atoms with Crippen LogP contribution < -0.4 is 5.32 Å². The summed E-state index contributed by atoms with van der Waals surface area (Å²) in [6.07, 6.45) is 1.73. The molecule has 0 aromatic heterocycles. The minimum absolute atomic E-state index is 0.151. The quantitative estimate of drug-likeness (QED) is 0.872. The normalized spacial score (nSPS) is 11.6. The third-order valence-corrected chi connectivity index (χ3v) is 3.08. The molecule has 2 heteroatoms. The second-order valence-electron chi connectivity index (χ2n) is 4.72. The summed E-state index contributed by atoms with van der Waals surface area (Å²) in [7, 11) is 0. The number of rotatable bonds is 5. The van der Waals surface area contributed by atoms with E-state index in [0.717, 1.165) is 18.5 Å². The van der Waals surface area contributed by atoms with Gasteiger partial charge in [-0.05, 0) is 43.0 Å². The molecule has 96 valence electrons. The molecule has 1 unspecified atom stereocenters. The molecule has 0 saturated heterocycles. The van der Waals surface area contributed by atoms with Gasteiger partial charge in [-0.2, -0.15) is 5.26 Å². The van der Waals surface area contributed by atoms with E-state index in [1.165, 1.54) is 11.1 Å². The zero-order valence-electron chi connectivity index (χ0n) is 11.1. The molecule has 0 aliphatic carbocycles. The average Bonchev–Trinajstić information content (AvgIpc) is 2.44. The fourth-order valence-corrected chi connectivity index (χ4v) is 2.06. The van der Waals surface area contributed by atoms with Crippen molar-refractivity contribution in [1.82, 2.24) is 0 Å². The number of aryl methyl sites for hydroxylation is 2. The van der Waals surface area contributed by atoms with Crippen molar-refractivity contribution in [3.05, 3.63) is 65.7 Å². The van der Waals surface area contributed by atoms with Gasteiger partial charge in [0.1, 0.15) is 6.04 Å². The van der Waals surface area contributed by atoms with E-state index in [1.807, 2.05) is 30.3 Å². The Labute approximate surface area is 114 Å². The molecular formula is C17H18N2. The van der Waals surface area contributed by atoms with Crippen LogP contribution in [0.4, 0.5) is 5.69 Å². The highest BCUT2D eigenvalue weighted by molar-refractivity contribution is 5.47. The molecule has 2 rings (SSSR count). The highest BCUT2D eigenvalue weighted by atomic mass is 14.9. The standard InChI is InChI=1S/C17H18N2/c1-14-6-5-9-16(12-14)19-17(13-18)11-10-15-7-3-2-4-8-15/h2-9,12,17,19H,10-11H2,1H3. The molecule has 2 aromatic rings. The summed E-state index contributed by atoms with van der Waals surface area (Å²) in [5, 5.41) is 12.5. The fourth-order valence-electron chi connectivity index (χ4n) is 2.06. The lowest BCUT2D eigenvalue weighted by atomic mass is 10.1. The number of anilines is 1. The summed E-state index contributed by atoms with van der Waals surface area (Å²) < 4.78 is 0. The van der Waals surface area contributed by atoms with E-state index in [1.54, 1.807) is 0 Å². The zero-order chi connectivity index (χ0) is 13.5. The van der Waals surface area contributed by atoms with Crippen molar-refractivity contribution in [2.24, 2.45) is 0 Å². The Morgan fingerprint density at radius 1 is 1.11 bits per heavy atom. The first-order valence-corrected chi connectivity index (χ1v) is 6.54. The van der Waals surface area contributed by atoms with E-state index in [-0.39, 0.29) is 6.04 Å². The topological polar surface area (TPSA) is 35.8 Å². The molecule has 0 heterocycles. The van der Waals surface area contributed by atoms with Crippen LogP contribution in [-0.2, 0) is 6.42 Å². The predicted molar refractivity (Wildman–Crippen MR) is 79.0 cm³/mol. The van der Waals surface area contributed by atoms with Crippen LogP contribution in [0.3, 0.4) is 0 Å². The number of nitrogens with one attached hydrogen (secondary N) is 1. The highest BCUT2D eigenvalue weighted by Gasteiger charge is 2.07. The Balaban J connectivity index is 1.92. The molecule has 0 aliphatic rings. The van der Waals surface area contributed by atoms with Gasteiger partial charge in [0.2, 0.25) is 0 Å². The Kier molecular flexibility index (Phi) is 4.58. The summed E-state index contributed by atoms with van der Waals surface area (Å²) in [5.74, 6) is 0. The summed E-state index contributed by atoms with van der Waals surface area (Å²) in [4.78, 5) is 0. The van der Waals surface area contributed by atoms with Crippen molar-refractivity contribution < 1.29 is 0 Å². The van der Waals surface area contributed by atoms with Crippen LogP contribution >= 0.6 is 0 Å². The number of hydrogen-bond donors (Lipinski definition) is 1. The van der Waals surface area contributed by atoms with Crippen molar-refractivity contribution in [3.63, 3.8) is 0 Å². The van der Waals surface area contributed by atoms with Crippen molar-refractivity contribution in [2.75, 3.05) is 5.32 Å². The van der Waals surface area contributed by atoms with E-state index in [9.17, 15) is 5.26 Å². The van der Waals surface area contributed by atoms with Crippen molar-refractivity contribution in [1.29, 1.82) is 5.26 Å². The number of nitrogens with zero attached hydrogens (tertiary/aromatic N) is 1. The van der Waals surface area contributed by atoms with Crippen LogP contribution in [0.25, 0.3) is 0 Å². The third-order valence-electron chi connectivity index (χ3n) is 3.08. The molecule has 0 aliphatic heterocycles. The Bertz CT molecular complexity index is 555. The van der Waals surface area contributed by atoms with Crippen LogP contribution in [-0.4, -0.2) is 6.04 Å². The van der Waals surface area contributed by atoms with Gasteiger partial charge in [-0.25, -0.2) is 0 Å². The van der Waals surface area contributed by atoms with E-state index in [4.69, 9.17) is 0 Å². The number of nitriles is 1. The molecule has 1 N–H and O–H groups in total. The molecule has 0 saturated carbocycles. The van der Waals surface area contributed by atoms with Crippen LogP contribution in [0.5, 0.6) is 0 Å². The second kappa shape index (κ2) is 6.61. The van der Waals surface area contributed by atoms with Gasteiger partial charge < -0.3 is 5.32 Å². The zero-order valence-corrected chi connectivity index (χ0v) is 11.1. The monoisotopic (exact) mass is 250 g/mol. The van der Waals surface area contributed by atoms with E-state index in [2.05, 4.69) is 42.6 Å². The van der Waals surface area contributed by atoms with E-state index in [0.29, 0.717) is 0 Å². The van der Waals surface area contributed by atoms with E-state index < -0.39 is 0 Å². The second-order valence-corrected chi connectivity index (χ2v) is 4.72. The summed E-state index contributed by atoms with van der Waals surface area (Å²) in [6, 6.07) is 20.6. The number of hydrogen-bond acceptors (Lipinski definition) is 2. The minimum atomic E-state index is -0.151. The number of benzene rings is 2. The van der Waals surface area contributed by atoms with Gasteiger partial charge in [-0.15, -0.1) is 0 Å². The Morgan fingerprint density at radius 2 is 1.89 bits per heavy atom. The van der Waals surface area contributed by atoms with Crippen molar-refractivity contribution in [2.45, 2.75) is 25.8 Å². The first-order chi connectivity index (χ1) is 9.28. The van der Waals surface area contributed by atoms with Crippen LogP contribution in [0.1, 0.15) is 17.5 Å². The van der Waals surface area contributed by atoms with Gasteiger partial charge in [-0.3, -0.25) is 0 Å². The van der Waals surface area contributed by atoms with Crippen LogP contribution in [0.15, 0.2) is 54.6 Å². The van der Waals surface area contributed by atoms with Gasteiger partial charge in [0, 0.05) is 5.69 Å². The molecule has 0 radical (unpaired) electrons. The summed E-state index contributed by atoms with van der Waals surface area (Å²) >= 11 is 0. The molecule has 0 spiro atoms. The largest absolute Gasteiger partial charge is 0.370 e. The maximum absolute atomic E-state index is 9.22. The molecule has 1 atom stereocenters. The van der Waals surface area contributed by atoms with Crippen molar-refractivity contribution >= 4 is 5.69 Å². The molecule has 0 bridgehead atoms. The molecule has 2 nitrogen and oxygen atoms in total. The lowest BCUT2D eigenvalue weighted by Crippen LogP contribution is -2.18. The average molecular weight is 250 g/mol. The highest BCUT2D eigenvalue weighted by Crippen LogP contribution is 2.13. The lowest BCUT2D eigenvalue weighted by molar-refractivity contribution is 0.769. The maximum Gasteiger partial charge on any atom is 0.114 e. The van der Waals surface area contributed by atoms with E-state index >= 15 is 0 Å². The molecular weight excluding hydrogens is 232 g/mol. The Morgan fingerprint density at radius 3 is 2.58 bits per heavy atom. The first-order valence-electron chi connectivity index (χ1n) is 6.54. The smallest absolute Gasteiger partial charge is 0.114 e. The van der Waals surface area contributed by atoms with Gasteiger partial charge >= 0.3 is 0 Å². The van der Waals surface area contributed by atoms with Gasteiger partial charge in [0.05, 0.1) is 6.07 Å². The molecule has 0 amide bonds. The SMILES string of the molecule is Cc1cccc(NC(C#N)CCc2ccccc2)c1. The first kappa shape index (κ1) is 13.2. The molecule has 2 aromatic carbocycles.